The van der Waals surface area contributed by atoms with Crippen LogP contribution < -0.4 is 5.73 Å². The minimum absolute atomic E-state index is 0.0417. The zero-order chi connectivity index (χ0) is 8.91. The molecule has 0 saturated carbocycles. The summed E-state index contributed by atoms with van der Waals surface area (Å²) in [6.45, 7) is 11.3. The van der Waals surface area contributed by atoms with Gasteiger partial charge in [-0.2, -0.15) is 0 Å². The number of ether oxygens (including phenoxy) is 1. The summed E-state index contributed by atoms with van der Waals surface area (Å²) in [6.07, 6.45) is 0. The van der Waals surface area contributed by atoms with Crippen LogP contribution in [0.25, 0.3) is 0 Å². The maximum atomic E-state index is 6.11. The highest BCUT2D eigenvalue weighted by Crippen LogP contribution is 2.47. The van der Waals surface area contributed by atoms with Crippen molar-refractivity contribution in [1.29, 1.82) is 0 Å². The van der Waals surface area contributed by atoms with Crippen molar-refractivity contribution in [3.05, 3.63) is 0 Å². The summed E-state index contributed by atoms with van der Waals surface area (Å²) in [4.78, 5) is 0. The monoisotopic (exact) mass is 157 g/mol. The van der Waals surface area contributed by atoms with E-state index in [0.717, 1.165) is 0 Å². The molecule has 0 spiro atoms. The molecule has 11 heavy (non-hydrogen) atoms. The molecular weight excluding hydrogens is 138 g/mol. The number of hydrogen-bond donors (Lipinski definition) is 1. The molecule has 1 fully saturated rings. The second kappa shape index (κ2) is 1.99. The van der Waals surface area contributed by atoms with Crippen molar-refractivity contribution in [2.75, 3.05) is 6.61 Å². The average molecular weight is 157 g/mol. The van der Waals surface area contributed by atoms with E-state index in [1.54, 1.807) is 0 Å². The fourth-order valence-electron chi connectivity index (χ4n) is 1.38. The van der Waals surface area contributed by atoms with Crippen LogP contribution in [0.2, 0.25) is 0 Å². The second-order valence-corrected chi connectivity index (χ2v) is 4.84. The van der Waals surface area contributed by atoms with E-state index in [-0.39, 0.29) is 16.6 Å². The van der Waals surface area contributed by atoms with Gasteiger partial charge in [0.05, 0.1) is 12.2 Å². The summed E-state index contributed by atoms with van der Waals surface area (Å²) in [5.41, 5.74) is 5.85. The van der Waals surface area contributed by atoms with Gasteiger partial charge >= 0.3 is 0 Å². The molecule has 2 nitrogen and oxygen atoms in total. The van der Waals surface area contributed by atoms with E-state index in [2.05, 4.69) is 34.6 Å². The van der Waals surface area contributed by atoms with Crippen molar-refractivity contribution in [1.82, 2.24) is 0 Å². The van der Waals surface area contributed by atoms with Crippen LogP contribution >= 0.6 is 0 Å². The standard InChI is InChI=1S/C9H19NO/c1-7(2)8(3,4)11-6-9(7,5)10/h6,10H2,1-5H3. The van der Waals surface area contributed by atoms with Crippen LogP contribution in [0.3, 0.4) is 0 Å². The third-order valence-electron chi connectivity index (χ3n) is 3.67. The molecule has 1 unspecified atom stereocenters. The highest BCUT2D eigenvalue weighted by Gasteiger charge is 2.55. The van der Waals surface area contributed by atoms with Gasteiger partial charge in [-0.05, 0) is 20.8 Å². The van der Waals surface area contributed by atoms with Crippen molar-refractivity contribution < 1.29 is 4.74 Å². The van der Waals surface area contributed by atoms with Crippen molar-refractivity contribution in [3.63, 3.8) is 0 Å². The molecule has 1 heterocycles. The van der Waals surface area contributed by atoms with E-state index in [4.69, 9.17) is 10.5 Å². The third kappa shape index (κ3) is 1.00. The Bertz CT molecular complexity index is 152. The van der Waals surface area contributed by atoms with Gasteiger partial charge in [-0.15, -0.1) is 0 Å². The van der Waals surface area contributed by atoms with Gasteiger partial charge in [0.25, 0.3) is 0 Å². The van der Waals surface area contributed by atoms with E-state index in [1.165, 1.54) is 0 Å². The zero-order valence-corrected chi connectivity index (χ0v) is 8.19. The summed E-state index contributed by atoms with van der Waals surface area (Å²) in [5, 5.41) is 0. The molecule has 1 aliphatic rings. The molecular formula is C9H19NO. The molecule has 1 saturated heterocycles. The first-order chi connectivity index (χ1) is 4.71. The summed E-state index contributed by atoms with van der Waals surface area (Å²) >= 11 is 0. The number of rotatable bonds is 0. The number of hydrogen-bond acceptors (Lipinski definition) is 2. The van der Waals surface area contributed by atoms with Crippen LogP contribution in [0.15, 0.2) is 0 Å². The van der Waals surface area contributed by atoms with Gasteiger partial charge in [-0.1, -0.05) is 13.8 Å². The first-order valence-corrected chi connectivity index (χ1v) is 4.14. The summed E-state index contributed by atoms with van der Waals surface area (Å²) in [6, 6.07) is 0. The molecule has 1 rings (SSSR count). The van der Waals surface area contributed by atoms with Gasteiger partial charge in [0.15, 0.2) is 0 Å². The van der Waals surface area contributed by atoms with Crippen LogP contribution in [-0.2, 0) is 4.74 Å². The topological polar surface area (TPSA) is 35.2 Å². The van der Waals surface area contributed by atoms with Crippen LogP contribution in [0.5, 0.6) is 0 Å². The molecule has 0 bridgehead atoms. The van der Waals surface area contributed by atoms with Gasteiger partial charge in [-0.25, -0.2) is 0 Å². The molecule has 2 N–H and O–H groups in total. The van der Waals surface area contributed by atoms with Gasteiger partial charge in [0, 0.05) is 11.0 Å². The first-order valence-electron chi connectivity index (χ1n) is 4.14. The van der Waals surface area contributed by atoms with Crippen LogP contribution in [0.1, 0.15) is 34.6 Å². The normalized spacial score (nSPS) is 40.9. The molecule has 0 radical (unpaired) electrons. The zero-order valence-electron chi connectivity index (χ0n) is 8.19. The van der Waals surface area contributed by atoms with Crippen molar-refractivity contribution in [2.24, 2.45) is 11.1 Å². The molecule has 1 atom stereocenters. The fourth-order valence-corrected chi connectivity index (χ4v) is 1.38. The molecule has 2 heteroatoms. The molecule has 0 aliphatic carbocycles. The maximum Gasteiger partial charge on any atom is 0.0696 e. The Balaban J connectivity index is 3.00. The maximum absolute atomic E-state index is 6.11. The van der Waals surface area contributed by atoms with Crippen LogP contribution in [0, 0.1) is 5.41 Å². The van der Waals surface area contributed by atoms with Crippen molar-refractivity contribution in [3.8, 4) is 0 Å². The molecule has 0 aromatic carbocycles. The summed E-state index contributed by atoms with van der Waals surface area (Å²) < 4.78 is 5.65. The predicted molar refractivity (Wildman–Crippen MR) is 46.4 cm³/mol. The molecule has 0 aromatic heterocycles. The quantitative estimate of drug-likeness (QED) is 0.579. The highest BCUT2D eigenvalue weighted by molar-refractivity contribution is 5.08. The smallest absolute Gasteiger partial charge is 0.0696 e. The molecule has 66 valence electrons. The lowest BCUT2D eigenvalue weighted by Gasteiger charge is -2.40. The van der Waals surface area contributed by atoms with Crippen molar-refractivity contribution >= 4 is 0 Å². The average Bonchev–Trinajstić information content (AvgIpc) is 1.93. The van der Waals surface area contributed by atoms with E-state index >= 15 is 0 Å². The Morgan fingerprint density at radius 3 is 1.64 bits per heavy atom. The van der Waals surface area contributed by atoms with Gasteiger partial charge < -0.3 is 10.5 Å². The minimum Gasteiger partial charge on any atom is -0.373 e. The van der Waals surface area contributed by atoms with E-state index < -0.39 is 0 Å². The third-order valence-corrected chi connectivity index (χ3v) is 3.67. The lowest BCUT2D eigenvalue weighted by atomic mass is 9.67. The lowest BCUT2D eigenvalue weighted by Crippen LogP contribution is -2.54. The Hall–Kier alpha value is -0.0800. The Labute approximate surface area is 69.1 Å². The molecule has 0 aromatic rings. The van der Waals surface area contributed by atoms with Crippen LogP contribution in [-0.4, -0.2) is 17.7 Å². The first kappa shape index (κ1) is 9.01. The van der Waals surface area contributed by atoms with Gasteiger partial charge in [0.1, 0.15) is 0 Å². The number of nitrogens with two attached hydrogens (primary N) is 1. The summed E-state index contributed by atoms with van der Waals surface area (Å²) in [7, 11) is 0. The SMILES string of the molecule is CC1(N)COC(C)(C)C1(C)C. The largest absolute Gasteiger partial charge is 0.373 e. The van der Waals surface area contributed by atoms with E-state index in [0.29, 0.717) is 6.61 Å². The summed E-state index contributed by atoms with van der Waals surface area (Å²) in [5.74, 6) is 0. The minimum atomic E-state index is -0.198. The van der Waals surface area contributed by atoms with Crippen LogP contribution in [0.4, 0.5) is 0 Å². The van der Waals surface area contributed by atoms with Gasteiger partial charge in [-0.3, -0.25) is 0 Å². The second-order valence-electron chi connectivity index (χ2n) is 4.84. The Morgan fingerprint density at radius 1 is 1.09 bits per heavy atom. The van der Waals surface area contributed by atoms with E-state index in [1.807, 2.05) is 0 Å². The predicted octanol–water partition coefficient (Wildman–Crippen LogP) is 1.54. The fraction of sp³-hybridized carbons (Fsp3) is 1.00. The van der Waals surface area contributed by atoms with E-state index in [9.17, 15) is 0 Å². The highest BCUT2D eigenvalue weighted by atomic mass is 16.5. The lowest BCUT2D eigenvalue weighted by molar-refractivity contribution is -0.0203. The Morgan fingerprint density at radius 2 is 1.55 bits per heavy atom. The molecule has 1 aliphatic heterocycles. The molecule has 0 amide bonds. The van der Waals surface area contributed by atoms with Crippen molar-refractivity contribution in [2.45, 2.75) is 45.8 Å². The van der Waals surface area contributed by atoms with Gasteiger partial charge in [0.2, 0.25) is 0 Å². The Kier molecular flexibility index (Phi) is 1.63.